The average Bonchev–Trinajstić information content (AvgIpc) is 2.91. The molecule has 7 heteroatoms. The highest BCUT2D eigenvalue weighted by Gasteiger charge is 2.22. The number of aromatic carboxylic acids is 1. The number of hydrogen-bond acceptors (Lipinski definition) is 4. The number of anilines is 1. The van der Waals surface area contributed by atoms with E-state index in [4.69, 9.17) is 0 Å². The molecule has 0 saturated carbocycles. The fraction of sp³-hybridized carbons (Fsp3) is 0.462. The highest BCUT2D eigenvalue weighted by atomic mass is 32.2. The summed E-state index contributed by atoms with van der Waals surface area (Å²) in [5.74, 6) is -1.11. The van der Waals surface area contributed by atoms with Crippen LogP contribution in [0.1, 0.15) is 30.1 Å². The molecule has 0 aliphatic carbocycles. The molecule has 1 fully saturated rings. The van der Waals surface area contributed by atoms with Crippen LogP contribution >= 0.6 is 0 Å². The molecule has 0 spiro atoms. The summed E-state index contributed by atoms with van der Waals surface area (Å²) < 4.78 is 26.2. The lowest BCUT2D eigenvalue weighted by atomic mass is 10.1. The molecule has 1 saturated heterocycles. The maximum Gasteiger partial charge on any atom is 0.337 e. The zero-order valence-electron chi connectivity index (χ0n) is 11.3. The Labute approximate surface area is 118 Å². The van der Waals surface area contributed by atoms with E-state index in [1.165, 1.54) is 12.1 Å². The summed E-state index contributed by atoms with van der Waals surface area (Å²) in [6.45, 7) is 3.55. The predicted octanol–water partition coefficient (Wildman–Crippen LogP) is 1.28. The van der Waals surface area contributed by atoms with Crippen molar-refractivity contribution in [3.05, 3.63) is 23.8 Å². The van der Waals surface area contributed by atoms with Crippen molar-refractivity contribution in [2.75, 3.05) is 24.5 Å². The molecule has 2 rings (SSSR count). The minimum absolute atomic E-state index is 0.0142. The minimum atomic E-state index is -3.64. The highest BCUT2D eigenvalue weighted by molar-refractivity contribution is 7.89. The molecule has 1 heterocycles. The number of nitrogens with zero attached hydrogens (tertiary/aromatic N) is 1. The standard InChI is InChI=1S/C13H18N2O4S/c1-2-14-20(18,19)10-5-6-12(11(9-10)13(16)17)15-7-3-4-8-15/h5-6,9,14H,2-4,7-8H2,1H3,(H,16,17). The van der Waals surface area contributed by atoms with E-state index in [0.29, 0.717) is 5.69 Å². The number of nitrogens with one attached hydrogen (secondary N) is 1. The zero-order chi connectivity index (χ0) is 14.8. The third-order valence-electron chi connectivity index (χ3n) is 3.29. The Kier molecular flexibility index (Phi) is 4.29. The van der Waals surface area contributed by atoms with Crippen LogP contribution in [0.4, 0.5) is 5.69 Å². The Morgan fingerprint density at radius 2 is 2.00 bits per heavy atom. The van der Waals surface area contributed by atoms with Crippen LogP contribution in [0.5, 0.6) is 0 Å². The average molecular weight is 298 g/mol. The first kappa shape index (κ1) is 14.8. The van der Waals surface area contributed by atoms with Crippen LogP contribution in [-0.2, 0) is 10.0 Å². The molecular formula is C13H18N2O4S. The lowest BCUT2D eigenvalue weighted by Crippen LogP contribution is -2.25. The van der Waals surface area contributed by atoms with Gasteiger partial charge in [-0.05, 0) is 31.0 Å². The van der Waals surface area contributed by atoms with E-state index in [-0.39, 0.29) is 17.0 Å². The minimum Gasteiger partial charge on any atom is -0.478 e. The molecule has 0 radical (unpaired) electrons. The number of benzene rings is 1. The van der Waals surface area contributed by atoms with Gasteiger partial charge in [-0.1, -0.05) is 6.92 Å². The summed E-state index contributed by atoms with van der Waals surface area (Å²) in [6, 6.07) is 4.27. The molecule has 1 aliphatic rings. The molecule has 6 nitrogen and oxygen atoms in total. The highest BCUT2D eigenvalue weighted by Crippen LogP contribution is 2.27. The van der Waals surface area contributed by atoms with Gasteiger partial charge in [0.1, 0.15) is 0 Å². The Balaban J connectivity index is 2.45. The maximum absolute atomic E-state index is 11.9. The third kappa shape index (κ3) is 2.94. The lowest BCUT2D eigenvalue weighted by Gasteiger charge is -2.20. The van der Waals surface area contributed by atoms with Gasteiger partial charge < -0.3 is 10.0 Å². The molecule has 0 unspecified atom stereocenters. The van der Waals surface area contributed by atoms with Crippen LogP contribution in [0.2, 0.25) is 0 Å². The number of carbonyl (C=O) groups is 1. The normalized spacial score (nSPS) is 15.6. The summed E-state index contributed by atoms with van der Waals surface area (Å²) in [4.78, 5) is 13.3. The van der Waals surface area contributed by atoms with E-state index in [1.54, 1.807) is 13.0 Å². The van der Waals surface area contributed by atoms with Crippen molar-refractivity contribution in [1.82, 2.24) is 4.72 Å². The SMILES string of the molecule is CCNS(=O)(=O)c1ccc(N2CCCC2)c(C(=O)O)c1. The fourth-order valence-electron chi connectivity index (χ4n) is 2.36. The van der Waals surface area contributed by atoms with Crippen molar-refractivity contribution in [3.63, 3.8) is 0 Å². The van der Waals surface area contributed by atoms with Gasteiger partial charge in [-0.2, -0.15) is 0 Å². The van der Waals surface area contributed by atoms with E-state index in [0.717, 1.165) is 25.9 Å². The van der Waals surface area contributed by atoms with Crippen LogP contribution in [-0.4, -0.2) is 39.1 Å². The van der Waals surface area contributed by atoms with Crippen LogP contribution in [0.15, 0.2) is 23.1 Å². The quantitative estimate of drug-likeness (QED) is 0.855. The van der Waals surface area contributed by atoms with E-state index in [2.05, 4.69) is 4.72 Å². The first-order chi connectivity index (χ1) is 9.45. The first-order valence-electron chi connectivity index (χ1n) is 6.57. The van der Waals surface area contributed by atoms with Crippen molar-refractivity contribution in [3.8, 4) is 0 Å². The maximum atomic E-state index is 11.9. The fourth-order valence-corrected chi connectivity index (χ4v) is 3.43. The summed E-state index contributed by atoms with van der Waals surface area (Å²) in [5, 5.41) is 9.30. The van der Waals surface area contributed by atoms with Crippen LogP contribution in [0.3, 0.4) is 0 Å². The van der Waals surface area contributed by atoms with Gasteiger partial charge in [-0.15, -0.1) is 0 Å². The molecule has 0 aromatic heterocycles. The Morgan fingerprint density at radius 1 is 1.35 bits per heavy atom. The van der Waals surface area contributed by atoms with Gasteiger partial charge >= 0.3 is 5.97 Å². The lowest BCUT2D eigenvalue weighted by molar-refractivity contribution is 0.0697. The number of carboxylic acid groups (broad SMARTS) is 1. The second kappa shape index (κ2) is 5.80. The van der Waals surface area contributed by atoms with E-state index < -0.39 is 16.0 Å². The Hall–Kier alpha value is -1.60. The van der Waals surface area contributed by atoms with E-state index in [9.17, 15) is 18.3 Å². The van der Waals surface area contributed by atoms with Gasteiger partial charge in [0.2, 0.25) is 10.0 Å². The van der Waals surface area contributed by atoms with Gasteiger partial charge in [0, 0.05) is 19.6 Å². The van der Waals surface area contributed by atoms with E-state index in [1.807, 2.05) is 4.90 Å². The monoisotopic (exact) mass is 298 g/mol. The molecular weight excluding hydrogens is 280 g/mol. The molecule has 0 bridgehead atoms. The number of rotatable bonds is 5. The smallest absolute Gasteiger partial charge is 0.337 e. The molecule has 1 aromatic carbocycles. The van der Waals surface area contributed by atoms with Gasteiger partial charge in [-0.3, -0.25) is 0 Å². The van der Waals surface area contributed by atoms with Crippen molar-refractivity contribution in [2.45, 2.75) is 24.7 Å². The Morgan fingerprint density at radius 3 is 2.55 bits per heavy atom. The van der Waals surface area contributed by atoms with Crippen molar-refractivity contribution < 1.29 is 18.3 Å². The molecule has 2 N–H and O–H groups in total. The van der Waals surface area contributed by atoms with Gasteiger partial charge in [-0.25, -0.2) is 17.9 Å². The van der Waals surface area contributed by atoms with Gasteiger partial charge in [0.25, 0.3) is 0 Å². The van der Waals surface area contributed by atoms with Crippen molar-refractivity contribution in [2.24, 2.45) is 0 Å². The molecule has 20 heavy (non-hydrogen) atoms. The Bertz CT molecular complexity index is 607. The second-order valence-electron chi connectivity index (χ2n) is 4.68. The molecule has 1 aliphatic heterocycles. The molecule has 110 valence electrons. The number of sulfonamides is 1. The molecule has 0 atom stereocenters. The second-order valence-corrected chi connectivity index (χ2v) is 6.45. The largest absolute Gasteiger partial charge is 0.478 e. The number of hydrogen-bond donors (Lipinski definition) is 2. The van der Waals surface area contributed by atoms with Gasteiger partial charge in [0.05, 0.1) is 16.1 Å². The number of carboxylic acids is 1. The summed E-state index contributed by atoms with van der Waals surface area (Å²) >= 11 is 0. The molecule has 0 amide bonds. The van der Waals surface area contributed by atoms with Crippen molar-refractivity contribution >= 4 is 21.7 Å². The topological polar surface area (TPSA) is 86.7 Å². The summed E-state index contributed by atoms with van der Waals surface area (Å²) in [5.41, 5.74) is 0.622. The van der Waals surface area contributed by atoms with Crippen LogP contribution in [0.25, 0.3) is 0 Å². The summed E-state index contributed by atoms with van der Waals surface area (Å²) in [6.07, 6.45) is 2.05. The van der Waals surface area contributed by atoms with Gasteiger partial charge in [0.15, 0.2) is 0 Å². The van der Waals surface area contributed by atoms with Crippen molar-refractivity contribution in [1.29, 1.82) is 0 Å². The summed E-state index contributed by atoms with van der Waals surface area (Å²) in [7, 11) is -3.64. The third-order valence-corrected chi connectivity index (χ3v) is 4.83. The molecule has 1 aromatic rings. The predicted molar refractivity (Wildman–Crippen MR) is 75.7 cm³/mol. The zero-order valence-corrected chi connectivity index (χ0v) is 12.1. The van der Waals surface area contributed by atoms with E-state index >= 15 is 0 Å². The first-order valence-corrected chi connectivity index (χ1v) is 8.06. The van der Waals surface area contributed by atoms with Crippen LogP contribution < -0.4 is 9.62 Å². The van der Waals surface area contributed by atoms with Crippen LogP contribution in [0, 0.1) is 0 Å².